The van der Waals surface area contributed by atoms with Crippen molar-refractivity contribution in [1.29, 1.82) is 0 Å². The van der Waals surface area contributed by atoms with E-state index in [-0.39, 0.29) is 41.6 Å². The minimum atomic E-state index is 0. The van der Waals surface area contributed by atoms with Crippen molar-refractivity contribution < 1.29 is 5.11 Å². The highest BCUT2D eigenvalue weighted by molar-refractivity contribution is 5.85. The van der Waals surface area contributed by atoms with Crippen LogP contribution in [0, 0.1) is 6.92 Å². The van der Waals surface area contributed by atoms with Crippen molar-refractivity contribution in [3.63, 3.8) is 0 Å². The predicted octanol–water partition coefficient (Wildman–Crippen LogP) is 3.72. The van der Waals surface area contributed by atoms with E-state index in [1.54, 1.807) is 24.5 Å². The van der Waals surface area contributed by atoms with Gasteiger partial charge in [0.15, 0.2) is 0 Å². The summed E-state index contributed by atoms with van der Waals surface area (Å²) in [4.78, 5) is 8.12. The Kier molecular flexibility index (Phi) is 7.94. The molecule has 3 heterocycles. The average molecular weight is 495 g/mol. The number of rotatable bonds is 4. The van der Waals surface area contributed by atoms with Crippen LogP contribution in [-0.2, 0) is 0 Å². The van der Waals surface area contributed by atoms with E-state index < -0.39 is 0 Å². The zero-order chi connectivity index (χ0) is 22.4. The van der Waals surface area contributed by atoms with Crippen LogP contribution in [-0.4, -0.2) is 59.4 Å². The number of hydrogen-bond donors (Lipinski definition) is 2. The van der Waals surface area contributed by atoms with Crippen LogP contribution in [0.15, 0.2) is 30.6 Å². The predicted molar refractivity (Wildman–Crippen MR) is 134 cm³/mol. The van der Waals surface area contributed by atoms with Gasteiger partial charge in [-0.2, -0.15) is 15.0 Å². The van der Waals surface area contributed by atoms with Crippen LogP contribution < -0.4 is 10.2 Å². The molecule has 0 amide bonds. The van der Waals surface area contributed by atoms with Gasteiger partial charge >= 0.3 is 0 Å². The lowest BCUT2D eigenvalue weighted by Crippen LogP contribution is -2.62. The SMILES string of the molecule is Cc1cnn(-c2ccc(-c3cnc(N(C)C4CC(C)(C)NC(C)(C)C4)nn3)c(O)c2)n1.Cl.Cl. The fourth-order valence-corrected chi connectivity index (χ4v) is 4.58. The Bertz CT molecular complexity index is 1070. The molecule has 9 nitrogen and oxygen atoms in total. The Hall–Kier alpha value is -2.49. The van der Waals surface area contributed by atoms with Crippen LogP contribution >= 0.6 is 24.8 Å². The molecule has 0 bridgehead atoms. The van der Waals surface area contributed by atoms with E-state index in [1.165, 1.54) is 4.80 Å². The molecule has 0 saturated carbocycles. The first-order valence-electron chi connectivity index (χ1n) is 10.5. The Balaban J connectivity index is 0.00000193. The van der Waals surface area contributed by atoms with Crippen molar-refractivity contribution in [2.75, 3.05) is 11.9 Å². The summed E-state index contributed by atoms with van der Waals surface area (Å²) in [6, 6.07) is 5.51. The molecule has 0 spiro atoms. The van der Waals surface area contributed by atoms with Crippen LogP contribution in [0.1, 0.15) is 46.2 Å². The molecule has 0 radical (unpaired) electrons. The highest BCUT2D eigenvalue weighted by Gasteiger charge is 2.39. The largest absolute Gasteiger partial charge is 0.507 e. The number of piperidine rings is 1. The van der Waals surface area contributed by atoms with Gasteiger partial charge in [0.1, 0.15) is 11.4 Å². The summed E-state index contributed by atoms with van der Waals surface area (Å²) in [6.45, 7) is 10.8. The van der Waals surface area contributed by atoms with E-state index in [2.05, 4.69) is 63.3 Å². The monoisotopic (exact) mass is 494 g/mol. The lowest BCUT2D eigenvalue weighted by atomic mass is 9.79. The van der Waals surface area contributed by atoms with Gasteiger partial charge in [-0.15, -0.1) is 35.0 Å². The Labute approximate surface area is 206 Å². The van der Waals surface area contributed by atoms with Gasteiger partial charge in [-0.3, -0.25) is 0 Å². The first kappa shape index (κ1) is 26.8. The molecule has 1 saturated heterocycles. The number of benzene rings is 1. The molecule has 33 heavy (non-hydrogen) atoms. The molecule has 0 unspecified atom stereocenters. The van der Waals surface area contributed by atoms with E-state index in [9.17, 15) is 5.11 Å². The molecule has 2 N–H and O–H groups in total. The van der Waals surface area contributed by atoms with E-state index >= 15 is 0 Å². The molecule has 3 aromatic rings. The Morgan fingerprint density at radius 3 is 2.24 bits per heavy atom. The van der Waals surface area contributed by atoms with Crippen LogP contribution in [0.25, 0.3) is 16.9 Å². The Morgan fingerprint density at radius 1 is 1.06 bits per heavy atom. The maximum atomic E-state index is 10.5. The summed E-state index contributed by atoms with van der Waals surface area (Å²) in [6.07, 6.45) is 5.30. The van der Waals surface area contributed by atoms with Crippen LogP contribution in [0.2, 0.25) is 0 Å². The van der Waals surface area contributed by atoms with Gasteiger partial charge in [0.25, 0.3) is 0 Å². The normalized spacial score (nSPS) is 17.0. The third-order valence-corrected chi connectivity index (χ3v) is 5.68. The minimum absolute atomic E-state index is 0. The molecule has 1 aliphatic heterocycles. The molecule has 1 aromatic carbocycles. The van der Waals surface area contributed by atoms with Crippen molar-refractivity contribution >= 4 is 30.8 Å². The topological polar surface area (TPSA) is 105 Å². The summed E-state index contributed by atoms with van der Waals surface area (Å²) in [5.74, 6) is 0.654. The van der Waals surface area contributed by atoms with Gasteiger partial charge in [-0.1, -0.05) is 0 Å². The first-order chi connectivity index (χ1) is 14.5. The maximum Gasteiger partial charge on any atom is 0.245 e. The number of aromatic hydroxyl groups is 1. The molecule has 0 atom stereocenters. The maximum absolute atomic E-state index is 10.5. The van der Waals surface area contributed by atoms with Gasteiger partial charge < -0.3 is 15.3 Å². The minimum Gasteiger partial charge on any atom is -0.507 e. The lowest BCUT2D eigenvalue weighted by molar-refractivity contribution is 0.160. The van der Waals surface area contributed by atoms with Gasteiger partial charge in [0.05, 0.1) is 23.8 Å². The fraction of sp³-hybridized carbons (Fsp3) is 0.500. The van der Waals surface area contributed by atoms with Crippen molar-refractivity contribution in [1.82, 2.24) is 35.5 Å². The third-order valence-electron chi connectivity index (χ3n) is 5.68. The first-order valence-corrected chi connectivity index (χ1v) is 10.5. The number of aromatic nitrogens is 6. The smallest absolute Gasteiger partial charge is 0.245 e. The van der Waals surface area contributed by atoms with Crippen molar-refractivity contribution in [2.24, 2.45) is 0 Å². The van der Waals surface area contributed by atoms with Crippen molar-refractivity contribution in [3.8, 4) is 22.7 Å². The molecular formula is C22H32Cl2N8O. The number of hydrogen-bond acceptors (Lipinski definition) is 8. The average Bonchev–Trinajstić information content (AvgIpc) is 3.11. The molecule has 11 heteroatoms. The Morgan fingerprint density at radius 2 is 1.73 bits per heavy atom. The van der Waals surface area contributed by atoms with Gasteiger partial charge in [0.2, 0.25) is 5.95 Å². The number of aryl methyl sites for hydroxylation is 1. The lowest BCUT2D eigenvalue weighted by Gasteiger charge is -2.48. The highest BCUT2D eigenvalue weighted by Crippen LogP contribution is 2.33. The highest BCUT2D eigenvalue weighted by atomic mass is 35.5. The summed E-state index contributed by atoms with van der Waals surface area (Å²) in [5.41, 5.74) is 2.61. The van der Waals surface area contributed by atoms with Gasteiger partial charge in [-0.25, -0.2) is 4.98 Å². The van der Waals surface area contributed by atoms with E-state index in [0.29, 0.717) is 28.9 Å². The fourth-order valence-electron chi connectivity index (χ4n) is 4.58. The second kappa shape index (κ2) is 9.79. The van der Waals surface area contributed by atoms with Crippen LogP contribution in [0.5, 0.6) is 5.75 Å². The summed E-state index contributed by atoms with van der Waals surface area (Å²) in [5, 5.41) is 31.4. The summed E-state index contributed by atoms with van der Waals surface area (Å²) >= 11 is 0. The van der Waals surface area contributed by atoms with Gasteiger partial charge in [-0.05, 0) is 59.6 Å². The molecule has 2 aromatic heterocycles. The number of anilines is 1. The van der Waals surface area contributed by atoms with Crippen molar-refractivity contribution in [2.45, 2.75) is 64.6 Å². The second-order valence-electron chi connectivity index (χ2n) is 9.69. The molecule has 180 valence electrons. The molecule has 4 rings (SSSR count). The van der Waals surface area contributed by atoms with Gasteiger partial charge in [0, 0.05) is 35.8 Å². The quantitative estimate of drug-likeness (QED) is 0.565. The number of phenolic OH excluding ortho intramolecular Hbond substituents is 1. The third kappa shape index (κ3) is 5.90. The molecule has 1 aliphatic rings. The van der Waals surface area contributed by atoms with Crippen LogP contribution in [0.4, 0.5) is 5.95 Å². The molecular weight excluding hydrogens is 463 g/mol. The summed E-state index contributed by atoms with van der Waals surface area (Å²) < 4.78 is 0. The van der Waals surface area contributed by atoms with E-state index in [4.69, 9.17) is 0 Å². The van der Waals surface area contributed by atoms with E-state index in [0.717, 1.165) is 18.5 Å². The van der Waals surface area contributed by atoms with Crippen molar-refractivity contribution in [3.05, 3.63) is 36.3 Å². The van der Waals surface area contributed by atoms with Crippen LogP contribution in [0.3, 0.4) is 0 Å². The molecule has 0 aliphatic carbocycles. The molecule has 1 fully saturated rings. The standard InChI is InChI=1S/C22H30N8O.2ClH/c1-14-12-24-30(27-14)15-7-8-17(19(31)9-15)18-13-23-20(26-25-18)29(6)16-10-21(2,3)28-22(4,5)11-16;;/h7-9,12-13,16,28,31H,10-11H2,1-6H3;2*1H. The zero-order valence-corrected chi connectivity index (χ0v) is 21.4. The van der Waals surface area contributed by atoms with E-state index in [1.807, 2.05) is 20.0 Å². The number of halogens is 2. The zero-order valence-electron chi connectivity index (χ0n) is 19.8. The number of nitrogens with zero attached hydrogens (tertiary/aromatic N) is 7. The second-order valence-corrected chi connectivity index (χ2v) is 9.69. The number of nitrogens with one attached hydrogen (secondary N) is 1. The number of phenols is 1. The summed E-state index contributed by atoms with van der Waals surface area (Å²) in [7, 11) is 2.02.